The molecule has 0 bridgehead atoms. The van der Waals surface area contributed by atoms with E-state index in [1.165, 1.54) is 5.56 Å². The molecule has 0 aliphatic heterocycles. The maximum Gasteiger partial charge on any atom is 0.0948 e. The third-order valence-electron chi connectivity index (χ3n) is 3.93. The van der Waals surface area contributed by atoms with Gasteiger partial charge in [0.15, 0.2) is 0 Å². The zero-order chi connectivity index (χ0) is 15.4. The molecule has 0 fully saturated rings. The van der Waals surface area contributed by atoms with Crippen molar-refractivity contribution in [1.82, 2.24) is 24.5 Å². The highest BCUT2D eigenvalue weighted by atomic mass is 15.4. The number of imidazole rings is 1. The first-order valence-electron chi connectivity index (χ1n) is 7.69. The Morgan fingerprint density at radius 1 is 1.18 bits per heavy atom. The lowest BCUT2D eigenvalue weighted by Crippen LogP contribution is -2.06. The minimum atomic E-state index is 0.438. The lowest BCUT2D eigenvalue weighted by molar-refractivity contribution is 0.602. The van der Waals surface area contributed by atoms with Gasteiger partial charge in [0.05, 0.1) is 30.5 Å². The molecule has 1 aromatic carbocycles. The zero-order valence-electron chi connectivity index (χ0n) is 13.1. The Balaban J connectivity index is 1.66. The summed E-state index contributed by atoms with van der Waals surface area (Å²) in [6, 6.07) is 10.5. The molecule has 0 spiro atoms. The van der Waals surface area contributed by atoms with Gasteiger partial charge in [-0.15, -0.1) is 5.10 Å². The predicted molar refractivity (Wildman–Crippen MR) is 85.6 cm³/mol. The standard InChI is InChI=1S/C17H21N5/c1-3-21-13-18-10-17(21)12-22-11-16(19-20-22)9-14(2)15-7-5-4-6-8-15/h4-8,10-11,13-14H,3,9,12H2,1-2H3. The zero-order valence-corrected chi connectivity index (χ0v) is 13.1. The molecule has 114 valence electrons. The SMILES string of the molecule is CCn1cncc1Cn1cc(CC(C)c2ccccc2)nn1. The average Bonchev–Trinajstić information content (AvgIpc) is 3.18. The maximum absolute atomic E-state index is 4.30. The fraction of sp³-hybridized carbons (Fsp3) is 0.353. The van der Waals surface area contributed by atoms with Gasteiger partial charge in [-0.1, -0.05) is 42.5 Å². The van der Waals surface area contributed by atoms with Crippen LogP contribution < -0.4 is 0 Å². The molecule has 1 atom stereocenters. The minimum absolute atomic E-state index is 0.438. The van der Waals surface area contributed by atoms with Crippen LogP contribution >= 0.6 is 0 Å². The van der Waals surface area contributed by atoms with Crippen LogP contribution in [0.3, 0.4) is 0 Å². The summed E-state index contributed by atoms with van der Waals surface area (Å²) < 4.78 is 4.00. The molecule has 1 unspecified atom stereocenters. The van der Waals surface area contributed by atoms with Crippen molar-refractivity contribution < 1.29 is 0 Å². The fourth-order valence-electron chi connectivity index (χ4n) is 2.65. The lowest BCUT2D eigenvalue weighted by Gasteiger charge is -2.09. The van der Waals surface area contributed by atoms with E-state index < -0.39 is 0 Å². The number of aryl methyl sites for hydroxylation is 1. The van der Waals surface area contributed by atoms with Crippen molar-refractivity contribution in [3.05, 3.63) is 66.0 Å². The lowest BCUT2D eigenvalue weighted by atomic mass is 9.97. The number of hydrogen-bond donors (Lipinski definition) is 0. The van der Waals surface area contributed by atoms with Crippen molar-refractivity contribution in [2.45, 2.75) is 39.3 Å². The van der Waals surface area contributed by atoms with E-state index >= 15 is 0 Å². The first kappa shape index (κ1) is 14.5. The normalized spacial score (nSPS) is 12.5. The second kappa shape index (κ2) is 6.56. The molecule has 0 amide bonds. The Hall–Kier alpha value is -2.43. The van der Waals surface area contributed by atoms with Crippen molar-refractivity contribution in [2.24, 2.45) is 0 Å². The molecule has 0 aliphatic carbocycles. The monoisotopic (exact) mass is 295 g/mol. The molecule has 0 aliphatic rings. The Bertz CT molecular complexity index is 713. The van der Waals surface area contributed by atoms with Crippen molar-refractivity contribution in [2.75, 3.05) is 0 Å². The van der Waals surface area contributed by atoms with Gasteiger partial charge < -0.3 is 4.57 Å². The summed E-state index contributed by atoms with van der Waals surface area (Å²) in [5.41, 5.74) is 3.51. The molecule has 0 N–H and O–H groups in total. The van der Waals surface area contributed by atoms with Gasteiger partial charge in [0.25, 0.3) is 0 Å². The van der Waals surface area contributed by atoms with E-state index in [4.69, 9.17) is 0 Å². The van der Waals surface area contributed by atoms with Crippen molar-refractivity contribution in [3.8, 4) is 0 Å². The molecule has 2 heterocycles. The molecule has 2 aromatic heterocycles. The Morgan fingerprint density at radius 3 is 2.77 bits per heavy atom. The Morgan fingerprint density at radius 2 is 2.00 bits per heavy atom. The van der Waals surface area contributed by atoms with E-state index in [2.05, 4.69) is 58.0 Å². The number of rotatable bonds is 6. The summed E-state index contributed by atoms with van der Waals surface area (Å²) in [6.45, 7) is 5.96. The molecule has 5 nitrogen and oxygen atoms in total. The molecular formula is C17H21N5. The van der Waals surface area contributed by atoms with Gasteiger partial charge in [0.1, 0.15) is 0 Å². The second-order valence-corrected chi connectivity index (χ2v) is 5.59. The van der Waals surface area contributed by atoms with Gasteiger partial charge in [-0.05, 0) is 24.8 Å². The van der Waals surface area contributed by atoms with E-state index in [0.717, 1.165) is 24.4 Å². The second-order valence-electron chi connectivity index (χ2n) is 5.59. The van der Waals surface area contributed by atoms with E-state index in [0.29, 0.717) is 12.5 Å². The van der Waals surface area contributed by atoms with Crippen LogP contribution in [0.2, 0.25) is 0 Å². The van der Waals surface area contributed by atoms with Gasteiger partial charge in [-0.25, -0.2) is 9.67 Å². The van der Waals surface area contributed by atoms with Crippen LogP contribution in [0, 0.1) is 0 Å². The minimum Gasteiger partial charge on any atom is -0.333 e. The molecule has 0 saturated heterocycles. The summed E-state index contributed by atoms with van der Waals surface area (Å²) >= 11 is 0. The molecular weight excluding hydrogens is 274 g/mol. The molecule has 3 rings (SSSR count). The van der Waals surface area contributed by atoms with Crippen molar-refractivity contribution >= 4 is 0 Å². The number of nitrogens with zero attached hydrogens (tertiary/aromatic N) is 5. The van der Waals surface area contributed by atoms with Crippen molar-refractivity contribution in [3.63, 3.8) is 0 Å². The van der Waals surface area contributed by atoms with Crippen LogP contribution in [0.4, 0.5) is 0 Å². The highest BCUT2D eigenvalue weighted by molar-refractivity contribution is 5.20. The van der Waals surface area contributed by atoms with Gasteiger partial charge in [0.2, 0.25) is 0 Å². The fourth-order valence-corrected chi connectivity index (χ4v) is 2.65. The average molecular weight is 295 g/mol. The summed E-state index contributed by atoms with van der Waals surface area (Å²) in [6.07, 6.45) is 6.67. The van der Waals surface area contributed by atoms with Crippen LogP contribution in [-0.4, -0.2) is 24.5 Å². The third-order valence-corrected chi connectivity index (χ3v) is 3.93. The topological polar surface area (TPSA) is 48.5 Å². The van der Waals surface area contributed by atoms with E-state index in [9.17, 15) is 0 Å². The quantitative estimate of drug-likeness (QED) is 0.702. The smallest absolute Gasteiger partial charge is 0.0948 e. The van der Waals surface area contributed by atoms with E-state index in [-0.39, 0.29) is 0 Å². The van der Waals surface area contributed by atoms with E-state index in [1.807, 2.05) is 29.5 Å². The molecule has 22 heavy (non-hydrogen) atoms. The molecule has 0 saturated carbocycles. The molecule has 3 aromatic rings. The first-order valence-corrected chi connectivity index (χ1v) is 7.69. The molecule has 5 heteroatoms. The van der Waals surface area contributed by atoms with Crippen LogP contribution in [0.15, 0.2) is 49.1 Å². The third kappa shape index (κ3) is 3.24. The maximum atomic E-state index is 4.30. The first-order chi connectivity index (χ1) is 10.8. The summed E-state index contributed by atoms with van der Waals surface area (Å²) in [4.78, 5) is 4.19. The van der Waals surface area contributed by atoms with Gasteiger partial charge in [0, 0.05) is 12.7 Å². The van der Waals surface area contributed by atoms with Crippen LogP contribution in [0.1, 0.15) is 36.7 Å². The largest absolute Gasteiger partial charge is 0.333 e. The van der Waals surface area contributed by atoms with Crippen molar-refractivity contribution in [1.29, 1.82) is 0 Å². The van der Waals surface area contributed by atoms with Gasteiger partial charge in [-0.2, -0.15) is 0 Å². The highest BCUT2D eigenvalue weighted by Gasteiger charge is 2.10. The van der Waals surface area contributed by atoms with Gasteiger partial charge in [-0.3, -0.25) is 0 Å². The van der Waals surface area contributed by atoms with Crippen LogP contribution in [0.5, 0.6) is 0 Å². The van der Waals surface area contributed by atoms with E-state index in [1.54, 1.807) is 0 Å². The number of hydrogen-bond acceptors (Lipinski definition) is 3. The van der Waals surface area contributed by atoms with Crippen LogP contribution in [0.25, 0.3) is 0 Å². The Labute approximate surface area is 130 Å². The summed E-state index contributed by atoms with van der Waals surface area (Å²) in [7, 11) is 0. The highest BCUT2D eigenvalue weighted by Crippen LogP contribution is 2.18. The predicted octanol–water partition coefficient (Wildman–Crippen LogP) is 2.89. The number of aromatic nitrogens is 5. The van der Waals surface area contributed by atoms with Gasteiger partial charge >= 0.3 is 0 Å². The summed E-state index contributed by atoms with van der Waals surface area (Å²) in [5.74, 6) is 0.438. The molecule has 0 radical (unpaired) electrons. The summed E-state index contributed by atoms with van der Waals surface area (Å²) in [5, 5.41) is 8.54. The van der Waals surface area contributed by atoms with Crippen LogP contribution in [-0.2, 0) is 19.5 Å². The Kier molecular flexibility index (Phi) is 4.32. The number of benzene rings is 1.